The van der Waals surface area contributed by atoms with Gasteiger partial charge in [-0.1, -0.05) is 17.7 Å². The third kappa shape index (κ3) is 4.52. The van der Waals surface area contributed by atoms with E-state index in [0.717, 1.165) is 27.2 Å². The molecule has 13 heteroatoms. The van der Waals surface area contributed by atoms with Crippen LogP contribution in [0.1, 0.15) is 5.69 Å². The lowest BCUT2D eigenvalue weighted by molar-refractivity contribution is -0.141. The standard InChI is InChI=1S/C19H16ClF3N8O/c1-24-15-10-13(2-3-14(15)20)28-6-8-29(9-7-28)17-25-11-30(18(32)26-17)12-31-5-4-16(27-31)19(21,22)23/h2-5,10-11H,6-9,12H2. The van der Waals surface area contributed by atoms with Gasteiger partial charge in [-0.15, -0.1) is 0 Å². The van der Waals surface area contributed by atoms with E-state index >= 15 is 0 Å². The fourth-order valence-electron chi connectivity index (χ4n) is 3.29. The SMILES string of the molecule is [C-]#[N+]c1cc(N2CCN(c3ncn(Cn4ccc(C(F)(F)F)n4)c(=O)n3)CC2)ccc1Cl. The molecule has 1 aliphatic rings. The van der Waals surface area contributed by atoms with Gasteiger partial charge in [-0.25, -0.2) is 14.6 Å². The number of alkyl halides is 3. The predicted molar refractivity (Wildman–Crippen MR) is 111 cm³/mol. The summed E-state index contributed by atoms with van der Waals surface area (Å²) in [5, 5.41) is 3.82. The molecular weight excluding hydrogens is 449 g/mol. The van der Waals surface area contributed by atoms with E-state index in [1.54, 1.807) is 12.1 Å². The van der Waals surface area contributed by atoms with Crippen LogP contribution in [0.4, 0.5) is 30.5 Å². The minimum Gasteiger partial charge on any atom is -0.369 e. The highest BCUT2D eigenvalue weighted by atomic mass is 35.5. The van der Waals surface area contributed by atoms with Gasteiger partial charge >= 0.3 is 11.9 Å². The van der Waals surface area contributed by atoms with Crippen molar-refractivity contribution in [3.8, 4) is 0 Å². The molecule has 4 rings (SSSR count). The number of aromatic nitrogens is 5. The van der Waals surface area contributed by atoms with Crippen molar-refractivity contribution in [2.75, 3.05) is 36.0 Å². The Morgan fingerprint density at radius 3 is 2.47 bits per heavy atom. The third-order valence-corrected chi connectivity index (χ3v) is 5.28. The quantitative estimate of drug-likeness (QED) is 0.553. The molecule has 0 saturated carbocycles. The number of halogens is 4. The molecule has 3 heterocycles. The van der Waals surface area contributed by atoms with Gasteiger partial charge in [-0.2, -0.15) is 23.3 Å². The van der Waals surface area contributed by atoms with Gasteiger partial charge in [0.1, 0.15) is 13.0 Å². The molecule has 0 radical (unpaired) electrons. The molecule has 1 saturated heterocycles. The fourth-order valence-corrected chi connectivity index (χ4v) is 3.45. The zero-order valence-corrected chi connectivity index (χ0v) is 17.3. The van der Waals surface area contributed by atoms with E-state index < -0.39 is 17.6 Å². The van der Waals surface area contributed by atoms with Gasteiger partial charge in [0.2, 0.25) is 11.6 Å². The first-order valence-electron chi connectivity index (χ1n) is 9.45. The molecule has 3 aromatic rings. The highest BCUT2D eigenvalue weighted by Gasteiger charge is 2.33. The highest BCUT2D eigenvalue weighted by molar-refractivity contribution is 6.33. The van der Waals surface area contributed by atoms with Crippen molar-refractivity contribution in [1.82, 2.24) is 24.3 Å². The molecule has 9 nitrogen and oxygen atoms in total. The first kappa shape index (κ1) is 21.6. The van der Waals surface area contributed by atoms with Crippen LogP contribution in [0.15, 0.2) is 41.6 Å². The van der Waals surface area contributed by atoms with Crippen LogP contribution in [0.2, 0.25) is 5.02 Å². The zero-order valence-electron chi connectivity index (χ0n) is 16.5. The molecule has 0 aliphatic carbocycles. The maximum Gasteiger partial charge on any atom is 0.435 e. The van der Waals surface area contributed by atoms with Crippen LogP contribution < -0.4 is 15.5 Å². The van der Waals surface area contributed by atoms with E-state index in [0.29, 0.717) is 36.9 Å². The van der Waals surface area contributed by atoms with Crippen molar-refractivity contribution < 1.29 is 13.2 Å². The highest BCUT2D eigenvalue weighted by Crippen LogP contribution is 2.30. The Balaban J connectivity index is 1.41. The molecule has 1 fully saturated rings. The Kier molecular flexibility index (Phi) is 5.75. The van der Waals surface area contributed by atoms with Gasteiger partial charge in [0.05, 0.1) is 6.57 Å². The molecule has 0 spiro atoms. The maximum absolute atomic E-state index is 12.7. The Hall–Kier alpha value is -3.59. The van der Waals surface area contributed by atoms with Crippen LogP contribution >= 0.6 is 11.6 Å². The molecule has 166 valence electrons. The molecule has 0 amide bonds. The molecule has 0 bridgehead atoms. The first-order valence-corrected chi connectivity index (χ1v) is 9.83. The lowest BCUT2D eigenvalue weighted by atomic mass is 10.2. The van der Waals surface area contributed by atoms with Crippen molar-refractivity contribution in [3.05, 3.63) is 69.4 Å². The van der Waals surface area contributed by atoms with Crippen molar-refractivity contribution >= 4 is 28.9 Å². The van der Waals surface area contributed by atoms with E-state index in [1.165, 1.54) is 6.33 Å². The van der Waals surface area contributed by atoms with E-state index in [9.17, 15) is 18.0 Å². The average Bonchev–Trinajstić information content (AvgIpc) is 3.25. The van der Waals surface area contributed by atoms with Crippen molar-refractivity contribution in [2.24, 2.45) is 0 Å². The van der Waals surface area contributed by atoms with E-state index in [-0.39, 0.29) is 12.6 Å². The number of hydrogen-bond donors (Lipinski definition) is 0. The lowest BCUT2D eigenvalue weighted by Gasteiger charge is -2.36. The van der Waals surface area contributed by atoms with Crippen LogP contribution in [0.25, 0.3) is 4.85 Å². The minimum atomic E-state index is -4.55. The molecule has 0 unspecified atom stereocenters. The second-order valence-corrected chi connectivity index (χ2v) is 7.42. The topological polar surface area (TPSA) is 76.4 Å². The summed E-state index contributed by atoms with van der Waals surface area (Å²) in [5.74, 6) is 0.250. The summed E-state index contributed by atoms with van der Waals surface area (Å²) in [4.78, 5) is 27.9. The van der Waals surface area contributed by atoms with Crippen molar-refractivity contribution in [2.45, 2.75) is 12.8 Å². The van der Waals surface area contributed by atoms with Gasteiger partial charge in [0.15, 0.2) is 5.69 Å². The number of anilines is 2. The molecular formula is C19H16ClF3N8O. The maximum atomic E-state index is 12.7. The van der Waals surface area contributed by atoms with Crippen LogP contribution in [-0.4, -0.2) is 50.5 Å². The van der Waals surface area contributed by atoms with E-state index in [1.807, 2.05) is 11.0 Å². The van der Waals surface area contributed by atoms with Crippen molar-refractivity contribution in [3.63, 3.8) is 0 Å². The summed E-state index contributed by atoms with van der Waals surface area (Å²) >= 11 is 5.99. The largest absolute Gasteiger partial charge is 0.435 e. The molecule has 0 atom stereocenters. The van der Waals surface area contributed by atoms with Gasteiger partial charge in [0.25, 0.3) is 0 Å². The van der Waals surface area contributed by atoms with Crippen LogP contribution in [0.3, 0.4) is 0 Å². The minimum absolute atomic E-state index is 0.233. The normalized spacial score (nSPS) is 14.5. The summed E-state index contributed by atoms with van der Waals surface area (Å²) in [6, 6.07) is 6.12. The van der Waals surface area contributed by atoms with Gasteiger partial charge in [-0.3, -0.25) is 9.25 Å². The lowest BCUT2D eigenvalue weighted by Crippen LogP contribution is -2.47. The van der Waals surface area contributed by atoms with E-state index in [2.05, 4.69) is 24.8 Å². The Morgan fingerprint density at radius 1 is 1.12 bits per heavy atom. The number of hydrogen-bond acceptors (Lipinski definition) is 6. The number of rotatable bonds is 4. The van der Waals surface area contributed by atoms with Gasteiger partial charge in [0, 0.05) is 43.1 Å². The third-order valence-electron chi connectivity index (χ3n) is 4.96. The van der Waals surface area contributed by atoms with Crippen LogP contribution in [0.5, 0.6) is 0 Å². The molecule has 1 aliphatic heterocycles. The number of piperazine rings is 1. The summed E-state index contributed by atoms with van der Waals surface area (Å²) in [5.41, 5.74) is -0.405. The smallest absolute Gasteiger partial charge is 0.369 e. The predicted octanol–water partition coefficient (Wildman–Crippen LogP) is 2.89. The summed E-state index contributed by atoms with van der Waals surface area (Å²) < 4.78 is 40.1. The van der Waals surface area contributed by atoms with Gasteiger partial charge < -0.3 is 9.80 Å². The van der Waals surface area contributed by atoms with Crippen LogP contribution in [-0.2, 0) is 12.8 Å². The zero-order chi connectivity index (χ0) is 22.9. The van der Waals surface area contributed by atoms with E-state index in [4.69, 9.17) is 18.2 Å². The number of benzene rings is 1. The second kappa shape index (κ2) is 8.51. The van der Waals surface area contributed by atoms with Crippen molar-refractivity contribution in [1.29, 1.82) is 0 Å². The fraction of sp³-hybridized carbons (Fsp3) is 0.316. The van der Waals surface area contributed by atoms with Crippen LogP contribution in [0, 0.1) is 6.57 Å². The Morgan fingerprint density at radius 2 is 1.84 bits per heavy atom. The number of nitrogens with zero attached hydrogens (tertiary/aromatic N) is 8. The molecule has 2 aromatic heterocycles. The van der Waals surface area contributed by atoms with Gasteiger partial charge in [-0.05, 0) is 18.2 Å². The Bertz CT molecular complexity index is 1220. The molecule has 1 aromatic carbocycles. The summed E-state index contributed by atoms with van der Waals surface area (Å²) in [7, 11) is 0. The second-order valence-electron chi connectivity index (χ2n) is 7.01. The Labute approximate surface area is 185 Å². The molecule has 32 heavy (non-hydrogen) atoms. The summed E-state index contributed by atoms with van der Waals surface area (Å²) in [6.07, 6.45) is -2.17. The summed E-state index contributed by atoms with van der Waals surface area (Å²) in [6.45, 7) is 9.30. The average molecular weight is 465 g/mol. The monoisotopic (exact) mass is 464 g/mol. The molecule has 0 N–H and O–H groups in total. The first-order chi connectivity index (χ1) is 15.2.